The highest BCUT2D eigenvalue weighted by atomic mass is 19.1. The number of hydrogen-bond acceptors (Lipinski definition) is 2. The van der Waals surface area contributed by atoms with Gasteiger partial charge in [-0.2, -0.15) is 0 Å². The third kappa shape index (κ3) is 1.03. The van der Waals surface area contributed by atoms with Crippen molar-refractivity contribution in [3.8, 4) is 5.75 Å². The second-order valence-corrected chi connectivity index (χ2v) is 5.34. The van der Waals surface area contributed by atoms with Gasteiger partial charge in [-0.25, -0.2) is 8.78 Å². The molecule has 90 valence electrons. The molecule has 2 aliphatic heterocycles. The fourth-order valence-corrected chi connectivity index (χ4v) is 3.50. The lowest BCUT2D eigenvalue weighted by Crippen LogP contribution is -2.36. The summed E-state index contributed by atoms with van der Waals surface area (Å²) in [6, 6.07) is 2.32. The maximum atomic E-state index is 14.0. The Labute approximate surface area is 97.5 Å². The van der Waals surface area contributed by atoms with Crippen molar-refractivity contribution in [1.82, 2.24) is 0 Å². The van der Waals surface area contributed by atoms with E-state index in [-0.39, 0.29) is 35.1 Å². The molecule has 3 unspecified atom stereocenters. The molecule has 4 atom stereocenters. The predicted molar refractivity (Wildman–Crippen MR) is 56.0 cm³/mol. The summed E-state index contributed by atoms with van der Waals surface area (Å²) in [4.78, 5) is 0. The molecule has 0 amide bonds. The van der Waals surface area contributed by atoms with Gasteiger partial charge in [-0.15, -0.1) is 0 Å². The molecule has 0 radical (unpaired) electrons. The van der Waals surface area contributed by atoms with Crippen LogP contribution in [0.4, 0.5) is 8.78 Å². The van der Waals surface area contributed by atoms with Gasteiger partial charge in [0.25, 0.3) is 0 Å². The molecule has 0 N–H and O–H groups in total. The highest BCUT2D eigenvalue weighted by Crippen LogP contribution is 2.61. The van der Waals surface area contributed by atoms with E-state index < -0.39 is 5.82 Å². The fourth-order valence-electron chi connectivity index (χ4n) is 3.50. The lowest BCUT2D eigenvalue weighted by Gasteiger charge is -2.36. The van der Waals surface area contributed by atoms with Crippen LogP contribution in [0.1, 0.15) is 18.9 Å². The molecule has 1 aliphatic carbocycles. The third-order valence-corrected chi connectivity index (χ3v) is 4.44. The second-order valence-electron chi connectivity index (χ2n) is 5.34. The molecular formula is C13H12F2O2. The summed E-state index contributed by atoms with van der Waals surface area (Å²) in [5, 5.41) is 0. The summed E-state index contributed by atoms with van der Waals surface area (Å²) in [7, 11) is 0. The lowest BCUT2D eigenvalue weighted by molar-refractivity contribution is 0.0430. The first-order valence-corrected chi connectivity index (χ1v) is 5.90. The number of hydrogen-bond donors (Lipinski definition) is 0. The minimum Gasteiger partial charge on any atom is -0.484 e. The molecular weight excluding hydrogens is 226 g/mol. The predicted octanol–water partition coefficient (Wildman–Crippen LogP) is 2.40. The number of rotatable bonds is 0. The van der Waals surface area contributed by atoms with Crippen LogP contribution in [0.2, 0.25) is 0 Å². The van der Waals surface area contributed by atoms with Gasteiger partial charge in [0.15, 0.2) is 11.6 Å². The molecule has 3 aliphatic rings. The van der Waals surface area contributed by atoms with E-state index in [0.29, 0.717) is 12.2 Å². The highest BCUT2D eigenvalue weighted by molar-refractivity contribution is 5.48. The normalized spacial score (nSPS) is 41.2. The minimum absolute atomic E-state index is 0.0138. The number of halogens is 2. The topological polar surface area (TPSA) is 18.5 Å². The molecule has 17 heavy (non-hydrogen) atoms. The zero-order chi connectivity index (χ0) is 11.8. The molecule has 4 heteroatoms. The molecule has 0 aromatic heterocycles. The number of benzene rings is 1. The van der Waals surface area contributed by atoms with E-state index in [9.17, 15) is 8.78 Å². The average molecular weight is 238 g/mol. The van der Waals surface area contributed by atoms with Gasteiger partial charge in [-0.1, -0.05) is 6.92 Å². The van der Waals surface area contributed by atoms with E-state index in [1.807, 2.05) is 6.92 Å². The third-order valence-electron chi connectivity index (χ3n) is 4.44. The molecule has 1 saturated carbocycles. The first kappa shape index (κ1) is 9.83. The summed E-state index contributed by atoms with van der Waals surface area (Å²) >= 11 is 0. The summed E-state index contributed by atoms with van der Waals surface area (Å²) < 4.78 is 38.9. The Hall–Kier alpha value is -1.16. The number of fused-ring (bicyclic) bond motifs is 3. The molecule has 2 nitrogen and oxygen atoms in total. The van der Waals surface area contributed by atoms with E-state index in [1.54, 1.807) is 0 Å². The van der Waals surface area contributed by atoms with Crippen molar-refractivity contribution < 1.29 is 18.3 Å². The van der Waals surface area contributed by atoms with Crippen molar-refractivity contribution in [2.75, 3.05) is 6.61 Å². The molecule has 1 aromatic rings. The van der Waals surface area contributed by atoms with Gasteiger partial charge in [-0.3, -0.25) is 0 Å². The van der Waals surface area contributed by atoms with Gasteiger partial charge in [0.05, 0.1) is 0 Å². The molecule has 2 heterocycles. The van der Waals surface area contributed by atoms with Crippen molar-refractivity contribution in [1.29, 1.82) is 0 Å². The fraction of sp³-hybridized carbons (Fsp3) is 0.538. The van der Waals surface area contributed by atoms with Crippen LogP contribution >= 0.6 is 0 Å². The van der Waals surface area contributed by atoms with E-state index >= 15 is 0 Å². The SMILES string of the molecule is C[C@]12CCOC3C(Oc4c(F)ccc(F)c41)C32. The Morgan fingerprint density at radius 2 is 2.00 bits per heavy atom. The highest BCUT2D eigenvalue weighted by Gasteiger charge is 2.68. The summed E-state index contributed by atoms with van der Waals surface area (Å²) in [5.41, 5.74) is 0.0671. The molecule has 1 aromatic carbocycles. The van der Waals surface area contributed by atoms with Gasteiger partial charge < -0.3 is 9.47 Å². The first-order valence-electron chi connectivity index (χ1n) is 5.90. The van der Waals surface area contributed by atoms with Crippen molar-refractivity contribution in [3.63, 3.8) is 0 Å². The largest absolute Gasteiger partial charge is 0.484 e. The molecule has 4 rings (SSSR count). The van der Waals surface area contributed by atoms with Gasteiger partial charge in [0, 0.05) is 23.5 Å². The van der Waals surface area contributed by atoms with Gasteiger partial charge in [0.2, 0.25) is 0 Å². The van der Waals surface area contributed by atoms with Crippen molar-refractivity contribution in [3.05, 3.63) is 29.3 Å². The molecule has 0 spiro atoms. The Balaban J connectivity index is 1.98. The van der Waals surface area contributed by atoms with Crippen LogP contribution in [-0.4, -0.2) is 18.8 Å². The zero-order valence-corrected chi connectivity index (χ0v) is 9.37. The Bertz CT molecular complexity index is 516. The van der Waals surface area contributed by atoms with Gasteiger partial charge >= 0.3 is 0 Å². The van der Waals surface area contributed by atoms with Crippen LogP contribution in [0.25, 0.3) is 0 Å². The maximum Gasteiger partial charge on any atom is 0.165 e. The molecule has 2 fully saturated rings. The Kier molecular flexibility index (Phi) is 1.62. The van der Waals surface area contributed by atoms with Crippen LogP contribution in [0.5, 0.6) is 5.75 Å². The quantitative estimate of drug-likeness (QED) is 0.691. The van der Waals surface area contributed by atoms with Crippen molar-refractivity contribution in [2.24, 2.45) is 5.92 Å². The van der Waals surface area contributed by atoms with Crippen LogP contribution in [-0.2, 0) is 10.2 Å². The smallest absolute Gasteiger partial charge is 0.165 e. The average Bonchev–Trinajstić information content (AvgIpc) is 2.99. The Morgan fingerprint density at radius 3 is 2.82 bits per heavy atom. The Morgan fingerprint density at radius 1 is 1.24 bits per heavy atom. The minimum atomic E-state index is -0.473. The maximum absolute atomic E-state index is 14.0. The lowest BCUT2D eigenvalue weighted by atomic mass is 9.72. The summed E-state index contributed by atoms with van der Waals surface area (Å²) in [6.07, 6.45) is 0.646. The summed E-state index contributed by atoms with van der Waals surface area (Å²) in [6.45, 7) is 2.59. The van der Waals surface area contributed by atoms with Crippen LogP contribution in [0, 0.1) is 17.6 Å². The number of ether oxygens (including phenoxy) is 2. The van der Waals surface area contributed by atoms with Crippen molar-refractivity contribution in [2.45, 2.75) is 31.0 Å². The monoisotopic (exact) mass is 238 g/mol. The zero-order valence-electron chi connectivity index (χ0n) is 9.37. The first-order chi connectivity index (χ1) is 8.13. The van der Waals surface area contributed by atoms with E-state index in [1.165, 1.54) is 6.07 Å². The van der Waals surface area contributed by atoms with Crippen LogP contribution in [0.15, 0.2) is 12.1 Å². The second kappa shape index (κ2) is 2.80. The van der Waals surface area contributed by atoms with Crippen LogP contribution < -0.4 is 4.74 Å². The van der Waals surface area contributed by atoms with E-state index in [0.717, 1.165) is 12.5 Å². The summed E-state index contributed by atoms with van der Waals surface area (Å²) in [5.74, 6) is -0.560. The van der Waals surface area contributed by atoms with Gasteiger partial charge in [0.1, 0.15) is 18.0 Å². The van der Waals surface area contributed by atoms with Gasteiger partial charge in [-0.05, 0) is 18.6 Å². The molecule has 1 saturated heterocycles. The molecule has 0 bridgehead atoms. The standard InChI is InChI=1S/C13H12F2O2/c1-13-4-5-16-11-9(13)12(11)17-10-7(15)3-2-6(14)8(10)13/h2-3,9,11-12H,4-5H2,1H3/t9?,11?,12?,13-/m0/s1. The van der Waals surface area contributed by atoms with E-state index in [4.69, 9.17) is 9.47 Å². The van der Waals surface area contributed by atoms with Crippen molar-refractivity contribution >= 4 is 0 Å². The van der Waals surface area contributed by atoms with Crippen LogP contribution in [0.3, 0.4) is 0 Å². The van der Waals surface area contributed by atoms with E-state index in [2.05, 4.69) is 0 Å².